The van der Waals surface area contributed by atoms with E-state index in [-0.39, 0.29) is 12.4 Å². The Morgan fingerprint density at radius 2 is 1.54 bits per heavy atom. The molecule has 0 aliphatic carbocycles. The number of ether oxygens (including phenoxy) is 2. The summed E-state index contributed by atoms with van der Waals surface area (Å²) in [6.45, 7) is 3.22. The van der Waals surface area contributed by atoms with Crippen molar-refractivity contribution in [2.45, 2.75) is 26.2 Å². The predicted octanol–water partition coefficient (Wildman–Crippen LogP) is 5.17. The second kappa shape index (κ2) is 10.3. The maximum atomic E-state index is 12.9. The van der Waals surface area contributed by atoms with Crippen molar-refractivity contribution >= 4 is 6.09 Å². The lowest BCUT2D eigenvalue weighted by atomic mass is 10.2. The summed E-state index contributed by atoms with van der Waals surface area (Å²) < 4.78 is 24.1. The predicted molar refractivity (Wildman–Crippen MR) is 97.5 cm³/mol. The molecule has 6 heteroatoms. The van der Waals surface area contributed by atoms with Gasteiger partial charge in [-0.1, -0.05) is 19.8 Å². The summed E-state index contributed by atoms with van der Waals surface area (Å²) in [6, 6.07) is 12.8. The van der Waals surface area contributed by atoms with Gasteiger partial charge in [0.15, 0.2) is 0 Å². The van der Waals surface area contributed by atoms with Crippen LogP contribution in [-0.4, -0.2) is 35.8 Å². The molecule has 2 aromatic rings. The third kappa shape index (κ3) is 6.63. The smallest absolute Gasteiger partial charge is 0.407 e. The standard InChI is InChI=1S/C20H24FNO4/c1-2-3-4-13-22(20(23)24)14-15-25-17-9-11-19(12-10-17)26-18-7-5-16(21)6-8-18/h5-12H,2-4,13-15H2,1H3,(H,23,24). The number of halogens is 1. The number of carboxylic acid groups (broad SMARTS) is 1. The second-order valence-electron chi connectivity index (χ2n) is 5.85. The fraction of sp³-hybridized carbons (Fsp3) is 0.350. The molecule has 0 unspecified atom stereocenters. The summed E-state index contributed by atoms with van der Waals surface area (Å²) in [5, 5.41) is 9.19. The van der Waals surface area contributed by atoms with Gasteiger partial charge in [-0.05, 0) is 55.0 Å². The van der Waals surface area contributed by atoms with E-state index in [9.17, 15) is 14.3 Å². The molecule has 1 N–H and O–H groups in total. The molecule has 0 aliphatic rings. The molecule has 0 aliphatic heterocycles. The molecule has 2 rings (SSSR count). The summed E-state index contributed by atoms with van der Waals surface area (Å²) in [4.78, 5) is 12.6. The summed E-state index contributed by atoms with van der Waals surface area (Å²) >= 11 is 0. The third-order valence-electron chi connectivity index (χ3n) is 3.81. The number of amides is 1. The van der Waals surface area contributed by atoms with Gasteiger partial charge in [0.1, 0.15) is 29.7 Å². The van der Waals surface area contributed by atoms with Crippen LogP contribution in [0.5, 0.6) is 17.2 Å². The van der Waals surface area contributed by atoms with Gasteiger partial charge in [0.2, 0.25) is 0 Å². The number of carbonyl (C=O) groups is 1. The molecule has 0 saturated heterocycles. The summed E-state index contributed by atoms with van der Waals surface area (Å²) in [5.41, 5.74) is 0. The molecule has 0 bridgehead atoms. The van der Waals surface area contributed by atoms with Crippen LogP contribution in [0, 0.1) is 5.82 Å². The van der Waals surface area contributed by atoms with Crippen molar-refractivity contribution < 1.29 is 23.8 Å². The maximum absolute atomic E-state index is 12.9. The zero-order valence-corrected chi connectivity index (χ0v) is 14.9. The van der Waals surface area contributed by atoms with Crippen molar-refractivity contribution in [1.29, 1.82) is 0 Å². The van der Waals surface area contributed by atoms with Crippen molar-refractivity contribution in [2.75, 3.05) is 19.7 Å². The lowest BCUT2D eigenvalue weighted by molar-refractivity contribution is 0.134. The number of benzene rings is 2. The molecule has 140 valence electrons. The van der Waals surface area contributed by atoms with Gasteiger partial charge in [-0.25, -0.2) is 9.18 Å². The first kappa shape index (κ1) is 19.6. The van der Waals surface area contributed by atoms with Crippen molar-refractivity contribution in [2.24, 2.45) is 0 Å². The first-order valence-corrected chi connectivity index (χ1v) is 8.72. The van der Waals surface area contributed by atoms with Gasteiger partial charge in [0.25, 0.3) is 0 Å². The van der Waals surface area contributed by atoms with Crippen molar-refractivity contribution in [3.8, 4) is 17.2 Å². The minimum atomic E-state index is -0.923. The van der Waals surface area contributed by atoms with Crippen LogP contribution in [0.25, 0.3) is 0 Å². The monoisotopic (exact) mass is 361 g/mol. The van der Waals surface area contributed by atoms with Crippen LogP contribution in [0.4, 0.5) is 9.18 Å². The first-order valence-electron chi connectivity index (χ1n) is 8.72. The molecule has 0 aromatic heterocycles. The van der Waals surface area contributed by atoms with Crippen LogP contribution < -0.4 is 9.47 Å². The molecule has 0 spiro atoms. The number of nitrogens with zero attached hydrogens (tertiary/aromatic N) is 1. The minimum Gasteiger partial charge on any atom is -0.492 e. The van der Waals surface area contributed by atoms with Crippen LogP contribution in [-0.2, 0) is 0 Å². The van der Waals surface area contributed by atoms with Gasteiger partial charge in [-0.15, -0.1) is 0 Å². The van der Waals surface area contributed by atoms with Gasteiger partial charge < -0.3 is 19.5 Å². The lowest BCUT2D eigenvalue weighted by Crippen LogP contribution is -2.34. The first-order chi connectivity index (χ1) is 12.6. The molecular formula is C20H24FNO4. The second-order valence-corrected chi connectivity index (χ2v) is 5.85. The van der Waals surface area contributed by atoms with E-state index in [2.05, 4.69) is 6.92 Å². The van der Waals surface area contributed by atoms with Crippen LogP contribution in [0.2, 0.25) is 0 Å². The fourth-order valence-electron chi connectivity index (χ4n) is 2.37. The zero-order valence-electron chi connectivity index (χ0n) is 14.9. The van der Waals surface area contributed by atoms with Crippen molar-refractivity contribution in [3.63, 3.8) is 0 Å². The Bertz CT molecular complexity index is 673. The Morgan fingerprint density at radius 3 is 2.12 bits per heavy atom. The van der Waals surface area contributed by atoms with Gasteiger partial charge >= 0.3 is 6.09 Å². The zero-order chi connectivity index (χ0) is 18.8. The van der Waals surface area contributed by atoms with Gasteiger partial charge in [-0.3, -0.25) is 0 Å². The highest BCUT2D eigenvalue weighted by Gasteiger charge is 2.10. The molecular weight excluding hydrogens is 337 g/mol. The molecule has 1 amide bonds. The molecule has 26 heavy (non-hydrogen) atoms. The fourth-order valence-corrected chi connectivity index (χ4v) is 2.37. The number of unbranched alkanes of at least 4 members (excludes halogenated alkanes) is 2. The normalized spacial score (nSPS) is 10.4. The van der Waals surface area contributed by atoms with Gasteiger partial charge in [0, 0.05) is 6.54 Å². The summed E-state index contributed by atoms with van der Waals surface area (Å²) in [7, 11) is 0. The molecule has 0 fully saturated rings. The van der Waals surface area contributed by atoms with E-state index in [1.54, 1.807) is 36.4 Å². The minimum absolute atomic E-state index is 0.288. The van der Waals surface area contributed by atoms with E-state index in [4.69, 9.17) is 9.47 Å². The molecule has 0 saturated carbocycles. The Kier molecular flexibility index (Phi) is 7.74. The molecule has 0 atom stereocenters. The Hall–Kier alpha value is -2.76. The summed E-state index contributed by atoms with van der Waals surface area (Å²) in [6.07, 6.45) is 2.00. The van der Waals surface area contributed by atoms with Crippen LogP contribution >= 0.6 is 0 Å². The highest BCUT2D eigenvalue weighted by atomic mass is 19.1. The lowest BCUT2D eigenvalue weighted by Gasteiger charge is -2.19. The highest BCUT2D eigenvalue weighted by molar-refractivity contribution is 5.64. The average Bonchev–Trinajstić information content (AvgIpc) is 2.63. The van der Waals surface area contributed by atoms with Gasteiger partial charge in [-0.2, -0.15) is 0 Å². The maximum Gasteiger partial charge on any atom is 0.407 e. The number of hydrogen-bond donors (Lipinski definition) is 1. The van der Waals surface area contributed by atoms with E-state index in [0.717, 1.165) is 19.3 Å². The van der Waals surface area contributed by atoms with Crippen LogP contribution in [0.15, 0.2) is 48.5 Å². The van der Waals surface area contributed by atoms with Crippen LogP contribution in [0.1, 0.15) is 26.2 Å². The average molecular weight is 361 g/mol. The topological polar surface area (TPSA) is 59.0 Å². The van der Waals surface area contributed by atoms with Crippen molar-refractivity contribution in [1.82, 2.24) is 4.90 Å². The van der Waals surface area contributed by atoms with Gasteiger partial charge in [0.05, 0.1) is 6.54 Å². The Morgan fingerprint density at radius 1 is 0.962 bits per heavy atom. The Balaban J connectivity index is 1.79. The SMILES string of the molecule is CCCCCN(CCOc1ccc(Oc2ccc(F)cc2)cc1)C(=O)O. The van der Waals surface area contributed by atoms with E-state index >= 15 is 0 Å². The molecule has 0 radical (unpaired) electrons. The van der Waals surface area contributed by atoms with Crippen LogP contribution in [0.3, 0.4) is 0 Å². The van der Waals surface area contributed by atoms with E-state index in [1.807, 2.05) is 0 Å². The molecule has 5 nitrogen and oxygen atoms in total. The molecule has 2 aromatic carbocycles. The highest BCUT2D eigenvalue weighted by Crippen LogP contribution is 2.24. The van der Waals surface area contributed by atoms with E-state index in [1.165, 1.54) is 17.0 Å². The number of hydrogen-bond acceptors (Lipinski definition) is 3. The third-order valence-corrected chi connectivity index (χ3v) is 3.81. The Labute approximate surface area is 153 Å². The van der Waals surface area contributed by atoms with E-state index in [0.29, 0.717) is 30.3 Å². The summed E-state index contributed by atoms with van der Waals surface area (Å²) in [5.74, 6) is 1.47. The largest absolute Gasteiger partial charge is 0.492 e. The molecule has 0 heterocycles. The number of rotatable bonds is 10. The van der Waals surface area contributed by atoms with E-state index < -0.39 is 6.09 Å². The quantitative estimate of drug-likeness (QED) is 0.593. The van der Waals surface area contributed by atoms with Crippen molar-refractivity contribution in [3.05, 3.63) is 54.3 Å².